The van der Waals surface area contributed by atoms with Crippen LogP contribution in [0.3, 0.4) is 0 Å². The topological polar surface area (TPSA) is 82.0 Å². The lowest BCUT2D eigenvalue weighted by Gasteiger charge is -1.96. The summed E-state index contributed by atoms with van der Waals surface area (Å²) in [5.74, 6) is -0.481. The Morgan fingerprint density at radius 1 is 1.44 bits per heavy atom. The number of rotatable bonds is 2. The molecule has 1 amide bonds. The molecular formula is C10H11N3OS2. The summed E-state index contributed by atoms with van der Waals surface area (Å²) in [7, 11) is 0. The van der Waals surface area contributed by atoms with E-state index in [4.69, 9.17) is 11.5 Å². The second-order valence-electron chi connectivity index (χ2n) is 3.45. The van der Waals surface area contributed by atoms with E-state index in [-0.39, 0.29) is 0 Å². The van der Waals surface area contributed by atoms with Crippen molar-refractivity contribution >= 4 is 33.6 Å². The molecule has 0 aliphatic rings. The van der Waals surface area contributed by atoms with Crippen LogP contribution in [-0.4, -0.2) is 10.9 Å². The molecule has 0 saturated carbocycles. The van der Waals surface area contributed by atoms with Crippen LogP contribution in [0.15, 0.2) is 5.38 Å². The molecule has 0 aliphatic heterocycles. The number of thiazole rings is 1. The summed E-state index contributed by atoms with van der Waals surface area (Å²) in [6, 6.07) is 0. The van der Waals surface area contributed by atoms with Crippen LogP contribution in [0.1, 0.15) is 21.6 Å². The van der Waals surface area contributed by atoms with E-state index in [9.17, 15) is 4.79 Å². The van der Waals surface area contributed by atoms with Crippen LogP contribution in [0.2, 0.25) is 0 Å². The van der Waals surface area contributed by atoms with Crippen LogP contribution in [-0.2, 0) is 0 Å². The average Bonchev–Trinajstić information content (AvgIpc) is 2.70. The summed E-state index contributed by atoms with van der Waals surface area (Å²) in [4.78, 5) is 16.5. The number of hydrogen-bond donors (Lipinski definition) is 2. The lowest BCUT2D eigenvalue weighted by atomic mass is 10.1. The Balaban J connectivity index is 2.59. The Hall–Kier alpha value is -1.40. The van der Waals surface area contributed by atoms with Gasteiger partial charge < -0.3 is 11.5 Å². The van der Waals surface area contributed by atoms with Crippen molar-refractivity contribution in [1.29, 1.82) is 0 Å². The second-order valence-corrected chi connectivity index (χ2v) is 5.36. The number of carbonyl (C=O) groups excluding carboxylic acids is 1. The molecule has 4 nitrogen and oxygen atoms in total. The number of thiophene rings is 1. The number of anilines is 1. The average molecular weight is 253 g/mol. The quantitative estimate of drug-likeness (QED) is 0.860. The number of nitrogens with two attached hydrogens (primary N) is 2. The SMILES string of the molecule is Cc1csc(-c2sc(N)c(C(N)=O)c2C)n1. The third-order valence-electron chi connectivity index (χ3n) is 2.23. The number of nitrogens with zero attached hydrogens (tertiary/aromatic N) is 1. The van der Waals surface area contributed by atoms with Crippen molar-refractivity contribution in [3.05, 3.63) is 22.2 Å². The Labute approximate surface area is 101 Å². The maximum absolute atomic E-state index is 11.2. The molecule has 6 heteroatoms. The molecule has 2 heterocycles. The standard InChI is InChI=1S/C10H11N3OS2/c1-4-3-15-10(13-4)7-5(2)6(8(11)14)9(12)16-7/h3H,12H2,1-2H3,(H2,11,14). The van der Waals surface area contributed by atoms with Gasteiger partial charge in [0, 0.05) is 11.1 Å². The summed E-state index contributed by atoms with van der Waals surface area (Å²) < 4.78 is 0. The molecule has 0 radical (unpaired) electrons. The fourth-order valence-electron chi connectivity index (χ4n) is 1.50. The number of aryl methyl sites for hydroxylation is 1. The van der Waals surface area contributed by atoms with E-state index >= 15 is 0 Å². The summed E-state index contributed by atoms with van der Waals surface area (Å²) in [5.41, 5.74) is 13.3. The molecule has 0 bridgehead atoms. The Morgan fingerprint density at radius 2 is 2.12 bits per heavy atom. The van der Waals surface area contributed by atoms with Crippen LogP contribution in [0, 0.1) is 13.8 Å². The molecule has 0 aliphatic carbocycles. The summed E-state index contributed by atoms with van der Waals surface area (Å²) in [6.07, 6.45) is 0. The summed E-state index contributed by atoms with van der Waals surface area (Å²) in [6.45, 7) is 3.78. The molecule has 16 heavy (non-hydrogen) atoms. The minimum Gasteiger partial charge on any atom is -0.390 e. The van der Waals surface area contributed by atoms with Crippen LogP contribution in [0.5, 0.6) is 0 Å². The number of aromatic nitrogens is 1. The van der Waals surface area contributed by atoms with Gasteiger partial charge in [0.1, 0.15) is 5.01 Å². The highest BCUT2D eigenvalue weighted by Crippen LogP contribution is 2.39. The number of carbonyl (C=O) groups is 1. The van der Waals surface area contributed by atoms with Gasteiger partial charge in [0.25, 0.3) is 5.91 Å². The van der Waals surface area contributed by atoms with Gasteiger partial charge in [-0.25, -0.2) is 4.98 Å². The van der Waals surface area contributed by atoms with Crippen molar-refractivity contribution in [2.24, 2.45) is 5.73 Å². The largest absolute Gasteiger partial charge is 0.390 e. The minimum absolute atomic E-state index is 0.424. The van der Waals surface area contributed by atoms with Crippen molar-refractivity contribution in [3.8, 4) is 9.88 Å². The first-order chi connectivity index (χ1) is 7.50. The van der Waals surface area contributed by atoms with Gasteiger partial charge >= 0.3 is 0 Å². The Kier molecular flexibility index (Phi) is 2.69. The third kappa shape index (κ3) is 1.70. The molecule has 84 valence electrons. The molecule has 2 rings (SSSR count). The van der Waals surface area contributed by atoms with Gasteiger partial charge in [-0.1, -0.05) is 0 Å². The summed E-state index contributed by atoms with van der Waals surface area (Å²) in [5, 5.41) is 3.32. The van der Waals surface area contributed by atoms with E-state index in [1.165, 1.54) is 11.3 Å². The molecule has 2 aromatic heterocycles. The molecule has 0 saturated heterocycles. The maximum Gasteiger partial charge on any atom is 0.251 e. The van der Waals surface area contributed by atoms with E-state index in [1.54, 1.807) is 11.3 Å². The zero-order chi connectivity index (χ0) is 11.9. The smallest absolute Gasteiger partial charge is 0.251 e. The minimum atomic E-state index is -0.481. The van der Waals surface area contributed by atoms with Crippen LogP contribution < -0.4 is 11.5 Å². The Morgan fingerprint density at radius 3 is 2.56 bits per heavy atom. The van der Waals surface area contributed by atoms with E-state index in [0.29, 0.717) is 10.6 Å². The van der Waals surface area contributed by atoms with Crippen molar-refractivity contribution in [2.75, 3.05) is 5.73 Å². The zero-order valence-electron chi connectivity index (χ0n) is 8.90. The predicted octanol–water partition coefficient (Wildman–Crippen LogP) is 2.17. The molecule has 0 aromatic carbocycles. The Bertz CT molecular complexity index is 556. The van der Waals surface area contributed by atoms with Crippen molar-refractivity contribution in [2.45, 2.75) is 13.8 Å². The molecule has 0 fully saturated rings. The van der Waals surface area contributed by atoms with Crippen LogP contribution in [0.25, 0.3) is 9.88 Å². The highest BCUT2D eigenvalue weighted by Gasteiger charge is 2.19. The van der Waals surface area contributed by atoms with Gasteiger partial charge in [0.05, 0.1) is 15.4 Å². The van der Waals surface area contributed by atoms with E-state index in [1.807, 2.05) is 19.2 Å². The maximum atomic E-state index is 11.2. The molecule has 0 spiro atoms. The number of primary amides is 1. The third-order valence-corrected chi connectivity index (χ3v) is 4.47. The van der Waals surface area contributed by atoms with Crippen LogP contribution >= 0.6 is 22.7 Å². The normalized spacial score (nSPS) is 10.6. The molecule has 2 aromatic rings. The molecular weight excluding hydrogens is 242 g/mol. The number of hydrogen-bond acceptors (Lipinski definition) is 5. The first-order valence-electron chi connectivity index (χ1n) is 4.62. The second kappa shape index (κ2) is 3.88. The van der Waals surface area contributed by atoms with Gasteiger partial charge in [-0.15, -0.1) is 22.7 Å². The van der Waals surface area contributed by atoms with E-state index in [0.717, 1.165) is 21.1 Å². The predicted molar refractivity (Wildman–Crippen MR) is 67.8 cm³/mol. The highest BCUT2D eigenvalue weighted by molar-refractivity contribution is 7.23. The highest BCUT2D eigenvalue weighted by atomic mass is 32.1. The monoisotopic (exact) mass is 253 g/mol. The van der Waals surface area contributed by atoms with Crippen molar-refractivity contribution in [3.63, 3.8) is 0 Å². The summed E-state index contributed by atoms with van der Waals surface area (Å²) >= 11 is 2.90. The lowest BCUT2D eigenvalue weighted by Crippen LogP contribution is -2.13. The van der Waals surface area contributed by atoms with E-state index < -0.39 is 5.91 Å². The van der Waals surface area contributed by atoms with Crippen molar-refractivity contribution in [1.82, 2.24) is 4.98 Å². The van der Waals surface area contributed by atoms with Gasteiger partial charge in [0.2, 0.25) is 0 Å². The van der Waals surface area contributed by atoms with Crippen LogP contribution in [0.4, 0.5) is 5.00 Å². The number of amides is 1. The van der Waals surface area contributed by atoms with Gasteiger partial charge in [-0.05, 0) is 19.4 Å². The first kappa shape index (κ1) is 11.1. The van der Waals surface area contributed by atoms with Crippen molar-refractivity contribution < 1.29 is 4.79 Å². The number of nitrogen functional groups attached to an aromatic ring is 1. The van der Waals surface area contributed by atoms with Gasteiger partial charge in [-0.3, -0.25) is 4.79 Å². The van der Waals surface area contributed by atoms with Gasteiger partial charge in [0.15, 0.2) is 0 Å². The molecule has 0 atom stereocenters. The lowest BCUT2D eigenvalue weighted by molar-refractivity contribution is 0.100. The fourth-order valence-corrected chi connectivity index (χ4v) is 3.53. The first-order valence-corrected chi connectivity index (χ1v) is 6.31. The van der Waals surface area contributed by atoms with E-state index in [2.05, 4.69) is 4.98 Å². The fraction of sp³-hybridized carbons (Fsp3) is 0.200. The molecule has 4 N–H and O–H groups in total. The molecule has 0 unspecified atom stereocenters. The van der Waals surface area contributed by atoms with Gasteiger partial charge in [-0.2, -0.15) is 0 Å². The zero-order valence-corrected chi connectivity index (χ0v) is 10.5.